The first-order chi connectivity index (χ1) is 16.6. The second-order valence-electron chi connectivity index (χ2n) is 7.37. The molecule has 0 aliphatic rings. The quantitative estimate of drug-likeness (QED) is 0.119. The molecule has 0 bridgehead atoms. The Labute approximate surface area is 202 Å². The number of hydrogen-bond acceptors (Lipinski definition) is 8. The fourth-order valence-corrected chi connectivity index (χ4v) is 4.31. The van der Waals surface area contributed by atoms with Gasteiger partial charge in [-0.1, -0.05) is 42.5 Å². The van der Waals surface area contributed by atoms with E-state index in [1.54, 1.807) is 36.4 Å². The van der Waals surface area contributed by atoms with E-state index in [2.05, 4.69) is 20.1 Å². The maximum Gasteiger partial charge on any atom is 0.338 e. The van der Waals surface area contributed by atoms with Crippen molar-refractivity contribution < 1.29 is 32.6 Å². The van der Waals surface area contributed by atoms with Crippen LogP contribution in [0.5, 0.6) is 0 Å². The molecular weight excluding hydrogens is 478 g/mol. The summed E-state index contributed by atoms with van der Waals surface area (Å²) < 4.78 is 31.8. The number of nitrogens with two attached hydrogens (primary N) is 1. The van der Waals surface area contributed by atoms with Crippen molar-refractivity contribution in [1.29, 1.82) is 5.41 Å². The highest BCUT2D eigenvalue weighted by molar-refractivity contribution is 7.88. The van der Waals surface area contributed by atoms with E-state index in [9.17, 15) is 27.9 Å². The number of methoxy groups -OCH3 is 1. The zero-order chi connectivity index (χ0) is 26.0. The van der Waals surface area contributed by atoms with Gasteiger partial charge in [0, 0.05) is 12.1 Å². The van der Waals surface area contributed by atoms with Crippen LogP contribution in [0, 0.1) is 5.41 Å². The summed E-state index contributed by atoms with van der Waals surface area (Å²) >= 11 is 0. The van der Waals surface area contributed by atoms with E-state index >= 15 is 0 Å². The van der Waals surface area contributed by atoms with Crippen LogP contribution < -0.4 is 21.1 Å². The van der Waals surface area contributed by atoms with Crippen LogP contribution in [-0.4, -0.2) is 63.4 Å². The summed E-state index contributed by atoms with van der Waals surface area (Å²) in [5.41, 5.74) is 6.87. The van der Waals surface area contributed by atoms with Gasteiger partial charge in [0.2, 0.25) is 21.8 Å². The molecule has 13 heteroatoms. The van der Waals surface area contributed by atoms with Crippen molar-refractivity contribution in [2.45, 2.75) is 18.3 Å². The summed E-state index contributed by atoms with van der Waals surface area (Å²) in [6.07, 6.45) is 0. The number of carbonyl (C=O) groups is 3. The number of carbonyl (C=O) groups excluding carboxylic acids is 3. The van der Waals surface area contributed by atoms with Crippen molar-refractivity contribution in [3.05, 3.63) is 70.8 Å². The van der Waals surface area contributed by atoms with Crippen LogP contribution in [0.1, 0.15) is 27.0 Å². The number of hydrogen-bond donors (Lipinski definition) is 6. The van der Waals surface area contributed by atoms with Crippen molar-refractivity contribution in [2.75, 3.05) is 20.3 Å². The van der Waals surface area contributed by atoms with E-state index in [0.29, 0.717) is 5.56 Å². The summed E-state index contributed by atoms with van der Waals surface area (Å²) in [5.74, 6) is -2.87. The lowest BCUT2D eigenvalue weighted by Crippen LogP contribution is -2.50. The topological polar surface area (TPSA) is 201 Å². The van der Waals surface area contributed by atoms with Gasteiger partial charge in [0.25, 0.3) is 0 Å². The second kappa shape index (κ2) is 12.6. The Morgan fingerprint density at radius 3 is 2.34 bits per heavy atom. The van der Waals surface area contributed by atoms with E-state index < -0.39 is 52.8 Å². The smallest absolute Gasteiger partial charge is 0.338 e. The second-order valence-corrected chi connectivity index (χ2v) is 9.12. The SMILES string of the molecule is COC(=O)c1ccccc1CS(=O)(=O)N[C@H](CO)C(=O)NCC(=O)NCc1ccc(C(=N)N)cc1. The van der Waals surface area contributed by atoms with Gasteiger partial charge in [0.15, 0.2) is 0 Å². The van der Waals surface area contributed by atoms with Gasteiger partial charge in [-0.2, -0.15) is 0 Å². The molecule has 0 unspecified atom stereocenters. The van der Waals surface area contributed by atoms with Gasteiger partial charge in [-0.05, 0) is 17.2 Å². The van der Waals surface area contributed by atoms with Crippen LogP contribution in [0.2, 0.25) is 0 Å². The third kappa shape index (κ3) is 8.48. The third-order valence-electron chi connectivity index (χ3n) is 4.77. The minimum atomic E-state index is -4.15. The summed E-state index contributed by atoms with van der Waals surface area (Å²) in [6.45, 7) is -1.15. The number of nitrogens with one attached hydrogen (secondary N) is 4. The summed E-state index contributed by atoms with van der Waals surface area (Å²) in [5, 5.41) is 21.7. The molecule has 2 aromatic rings. The van der Waals surface area contributed by atoms with Gasteiger partial charge in [-0.3, -0.25) is 15.0 Å². The molecule has 0 saturated heterocycles. The third-order valence-corrected chi connectivity index (χ3v) is 6.10. The van der Waals surface area contributed by atoms with Crippen molar-refractivity contribution in [2.24, 2.45) is 5.73 Å². The molecule has 2 aromatic carbocycles. The van der Waals surface area contributed by atoms with Gasteiger partial charge < -0.3 is 26.2 Å². The Hall–Kier alpha value is -3.81. The Balaban J connectivity index is 1.89. The minimum Gasteiger partial charge on any atom is -0.465 e. The average molecular weight is 506 g/mol. The van der Waals surface area contributed by atoms with Gasteiger partial charge in [0.1, 0.15) is 11.9 Å². The lowest BCUT2D eigenvalue weighted by atomic mass is 10.1. The summed E-state index contributed by atoms with van der Waals surface area (Å²) in [6, 6.07) is 11.0. The lowest BCUT2D eigenvalue weighted by molar-refractivity contribution is -0.127. The van der Waals surface area contributed by atoms with E-state index in [-0.39, 0.29) is 23.5 Å². The van der Waals surface area contributed by atoms with Gasteiger partial charge in [-0.25, -0.2) is 17.9 Å². The maximum atomic E-state index is 12.5. The fourth-order valence-electron chi connectivity index (χ4n) is 2.95. The number of nitrogen functional groups attached to an aromatic ring is 1. The number of aliphatic hydroxyl groups is 1. The molecule has 7 N–H and O–H groups in total. The molecule has 0 aliphatic heterocycles. The number of rotatable bonds is 12. The first kappa shape index (κ1) is 27.4. The highest BCUT2D eigenvalue weighted by Crippen LogP contribution is 2.13. The zero-order valence-corrected chi connectivity index (χ0v) is 19.7. The Kier molecular flexibility index (Phi) is 9.87. The van der Waals surface area contributed by atoms with E-state index in [1.807, 2.05) is 0 Å². The fraction of sp³-hybridized carbons (Fsp3) is 0.273. The molecule has 2 rings (SSSR count). The number of esters is 1. The highest BCUT2D eigenvalue weighted by Gasteiger charge is 2.26. The molecular formula is C22H27N5O7S. The molecule has 0 aromatic heterocycles. The maximum absolute atomic E-state index is 12.5. The van der Waals surface area contributed by atoms with Crippen molar-refractivity contribution in [3.8, 4) is 0 Å². The van der Waals surface area contributed by atoms with Gasteiger partial charge >= 0.3 is 5.97 Å². The Morgan fingerprint density at radius 2 is 1.74 bits per heavy atom. The van der Waals surface area contributed by atoms with E-state index in [1.165, 1.54) is 19.2 Å². The number of ether oxygens (including phenoxy) is 1. The van der Waals surface area contributed by atoms with E-state index in [0.717, 1.165) is 5.56 Å². The van der Waals surface area contributed by atoms with Crippen LogP contribution in [0.3, 0.4) is 0 Å². The summed E-state index contributed by atoms with van der Waals surface area (Å²) in [4.78, 5) is 36.2. The molecule has 0 radical (unpaired) electrons. The first-order valence-electron chi connectivity index (χ1n) is 10.3. The predicted octanol–water partition coefficient (Wildman–Crippen LogP) is -1.03. The molecule has 188 valence electrons. The standard InChI is InChI=1S/C22H27N5O7S/c1-34-22(31)17-5-3-2-4-16(17)13-35(32,33)27-18(12-28)21(30)26-11-19(29)25-10-14-6-8-15(9-7-14)20(23)24/h2-9,18,27-28H,10-13H2,1H3,(H3,23,24)(H,25,29)(H,26,30)/t18-/m1/s1. The molecule has 2 amide bonds. The molecule has 35 heavy (non-hydrogen) atoms. The Morgan fingerprint density at radius 1 is 1.09 bits per heavy atom. The van der Waals surface area contributed by atoms with Crippen LogP contribution in [0.25, 0.3) is 0 Å². The van der Waals surface area contributed by atoms with Gasteiger partial charge in [0.05, 0.1) is 31.6 Å². The normalized spacial score (nSPS) is 11.8. The molecule has 0 fully saturated rings. The molecule has 0 saturated carbocycles. The molecule has 12 nitrogen and oxygen atoms in total. The largest absolute Gasteiger partial charge is 0.465 e. The molecule has 0 aliphatic carbocycles. The van der Waals surface area contributed by atoms with Crippen molar-refractivity contribution >= 4 is 33.6 Å². The number of amides is 2. The van der Waals surface area contributed by atoms with Crippen LogP contribution >= 0.6 is 0 Å². The van der Waals surface area contributed by atoms with Crippen LogP contribution in [0.4, 0.5) is 0 Å². The zero-order valence-electron chi connectivity index (χ0n) is 18.9. The van der Waals surface area contributed by atoms with Gasteiger partial charge in [-0.15, -0.1) is 0 Å². The molecule has 0 spiro atoms. The number of aliphatic hydroxyl groups excluding tert-OH is 1. The monoisotopic (exact) mass is 505 g/mol. The predicted molar refractivity (Wildman–Crippen MR) is 127 cm³/mol. The number of benzene rings is 2. The number of sulfonamides is 1. The lowest BCUT2D eigenvalue weighted by Gasteiger charge is -2.17. The summed E-state index contributed by atoms with van der Waals surface area (Å²) in [7, 11) is -2.99. The van der Waals surface area contributed by atoms with E-state index in [4.69, 9.17) is 11.1 Å². The van der Waals surface area contributed by atoms with Crippen molar-refractivity contribution in [3.63, 3.8) is 0 Å². The van der Waals surface area contributed by atoms with Crippen molar-refractivity contribution in [1.82, 2.24) is 15.4 Å². The van der Waals surface area contributed by atoms with Crippen LogP contribution in [-0.2, 0) is 36.6 Å². The highest BCUT2D eigenvalue weighted by atomic mass is 32.2. The van der Waals surface area contributed by atoms with Crippen LogP contribution in [0.15, 0.2) is 48.5 Å². The molecule has 1 atom stereocenters. The number of amidine groups is 1. The minimum absolute atomic E-state index is 0.0537. The Bertz CT molecular complexity index is 1180. The average Bonchev–Trinajstić information content (AvgIpc) is 2.84. The first-order valence-corrected chi connectivity index (χ1v) is 12.0. The molecule has 0 heterocycles.